The van der Waals surface area contributed by atoms with Crippen LogP contribution >= 0.6 is 0 Å². The first-order chi connectivity index (χ1) is 14.0. The summed E-state index contributed by atoms with van der Waals surface area (Å²) >= 11 is 0. The van der Waals surface area contributed by atoms with E-state index in [2.05, 4.69) is 20.3 Å². The molecule has 0 aliphatic heterocycles. The molecule has 2 N–H and O–H groups in total. The van der Waals surface area contributed by atoms with Crippen LogP contribution in [0.15, 0.2) is 53.6 Å². The molecule has 3 aromatic heterocycles. The van der Waals surface area contributed by atoms with Gasteiger partial charge < -0.3 is 14.8 Å². The largest absolute Gasteiger partial charge is 0.477 e. The molecule has 0 fully saturated rings. The van der Waals surface area contributed by atoms with Gasteiger partial charge in [0.05, 0.1) is 18.3 Å². The number of carbonyl (C=O) groups is 1. The first kappa shape index (κ1) is 18.4. The predicted molar refractivity (Wildman–Crippen MR) is 104 cm³/mol. The van der Waals surface area contributed by atoms with Gasteiger partial charge in [0.15, 0.2) is 0 Å². The van der Waals surface area contributed by atoms with Gasteiger partial charge in [0.2, 0.25) is 11.3 Å². The number of rotatable bonds is 6. The Hall–Kier alpha value is -4.01. The zero-order chi connectivity index (χ0) is 20.4. The molecule has 0 amide bonds. The minimum absolute atomic E-state index is 0.00519. The third kappa shape index (κ3) is 3.84. The van der Waals surface area contributed by atoms with Crippen molar-refractivity contribution in [3.05, 3.63) is 81.4 Å². The zero-order valence-corrected chi connectivity index (χ0v) is 15.5. The molecule has 0 aliphatic carbocycles. The molecule has 29 heavy (non-hydrogen) atoms. The van der Waals surface area contributed by atoms with Crippen molar-refractivity contribution in [2.75, 3.05) is 0 Å². The van der Waals surface area contributed by atoms with Crippen molar-refractivity contribution in [3.8, 4) is 5.88 Å². The van der Waals surface area contributed by atoms with E-state index in [1.165, 1.54) is 5.56 Å². The Kier molecular flexibility index (Phi) is 4.78. The maximum Gasteiger partial charge on any atom is 0.341 e. The average molecular weight is 391 g/mol. The predicted octanol–water partition coefficient (Wildman–Crippen LogP) is 2.15. The van der Waals surface area contributed by atoms with Gasteiger partial charge in [0.25, 0.3) is 0 Å². The molecule has 9 nitrogen and oxygen atoms in total. The summed E-state index contributed by atoms with van der Waals surface area (Å²) in [7, 11) is 0. The van der Waals surface area contributed by atoms with E-state index in [1.807, 2.05) is 31.2 Å². The number of carboxylic acid groups (broad SMARTS) is 1. The van der Waals surface area contributed by atoms with Crippen LogP contribution in [0, 0.1) is 6.92 Å². The number of aromatic carboxylic acids is 1. The molecular formula is C20H17N5O4. The van der Waals surface area contributed by atoms with E-state index < -0.39 is 11.4 Å². The molecule has 0 atom stereocenters. The molecule has 0 spiro atoms. The number of pyridine rings is 2. The Labute approximate surface area is 164 Å². The highest BCUT2D eigenvalue weighted by atomic mass is 16.5. The topological polar surface area (TPSA) is 123 Å². The maximum atomic E-state index is 12.3. The SMILES string of the molecule is Cc1ccccc1Cn1cc(COc2ccc3[nH]cc(C(=O)O)c(=O)c3n2)nn1. The summed E-state index contributed by atoms with van der Waals surface area (Å²) in [6.07, 6.45) is 2.94. The van der Waals surface area contributed by atoms with E-state index in [0.717, 1.165) is 11.8 Å². The number of hydrogen-bond donors (Lipinski definition) is 2. The summed E-state index contributed by atoms with van der Waals surface area (Å²) in [6.45, 7) is 2.75. The average Bonchev–Trinajstić information content (AvgIpc) is 3.16. The van der Waals surface area contributed by atoms with Gasteiger partial charge >= 0.3 is 5.97 Å². The number of benzene rings is 1. The lowest BCUT2D eigenvalue weighted by molar-refractivity contribution is 0.0695. The van der Waals surface area contributed by atoms with Crippen molar-refractivity contribution in [1.82, 2.24) is 25.0 Å². The number of aryl methyl sites for hydroxylation is 1. The van der Waals surface area contributed by atoms with Crippen LogP contribution < -0.4 is 10.2 Å². The number of fused-ring (bicyclic) bond motifs is 1. The Morgan fingerprint density at radius 1 is 1.24 bits per heavy atom. The number of nitrogens with one attached hydrogen (secondary N) is 1. The van der Waals surface area contributed by atoms with Crippen LogP contribution in [0.25, 0.3) is 11.0 Å². The van der Waals surface area contributed by atoms with Crippen molar-refractivity contribution in [1.29, 1.82) is 0 Å². The van der Waals surface area contributed by atoms with E-state index in [4.69, 9.17) is 9.84 Å². The second-order valence-corrected chi connectivity index (χ2v) is 6.50. The van der Waals surface area contributed by atoms with E-state index in [9.17, 15) is 9.59 Å². The summed E-state index contributed by atoms with van der Waals surface area (Å²) in [6, 6.07) is 11.2. The van der Waals surface area contributed by atoms with Gasteiger partial charge in [-0.3, -0.25) is 4.79 Å². The third-order valence-corrected chi connectivity index (χ3v) is 4.48. The monoisotopic (exact) mass is 391 g/mol. The van der Waals surface area contributed by atoms with Crippen LogP contribution in [-0.4, -0.2) is 36.0 Å². The van der Waals surface area contributed by atoms with E-state index in [-0.39, 0.29) is 23.6 Å². The minimum atomic E-state index is -1.31. The van der Waals surface area contributed by atoms with Crippen molar-refractivity contribution in [2.45, 2.75) is 20.1 Å². The number of nitrogens with zero attached hydrogens (tertiary/aromatic N) is 4. The van der Waals surface area contributed by atoms with Crippen molar-refractivity contribution < 1.29 is 14.6 Å². The van der Waals surface area contributed by atoms with Crippen LogP contribution in [0.5, 0.6) is 5.88 Å². The van der Waals surface area contributed by atoms with E-state index in [1.54, 1.807) is 23.0 Å². The van der Waals surface area contributed by atoms with Gasteiger partial charge in [0.1, 0.15) is 23.4 Å². The standard InChI is InChI=1S/C20H17N5O4/c1-12-4-2-3-5-13(12)9-25-10-14(23-24-25)11-29-17-7-6-16-18(22-17)19(26)15(8-21-16)20(27)28/h2-8,10H,9,11H2,1H3,(H,21,26)(H,27,28). The number of carboxylic acids is 1. The molecule has 4 aromatic rings. The van der Waals surface area contributed by atoms with Gasteiger partial charge in [-0.15, -0.1) is 5.10 Å². The van der Waals surface area contributed by atoms with Gasteiger partial charge in [-0.25, -0.2) is 14.5 Å². The van der Waals surface area contributed by atoms with Gasteiger partial charge in [-0.2, -0.15) is 0 Å². The number of ether oxygens (including phenoxy) is 1. The normalized spacial score (nSPS) is 10.9. The molecule has 0 bridgehead atoms. The summed E-state index contributed by atoms with van der Waals surface area (Å²) < 4.78 is 7.34. The molecule has 3 heterocycles. The van der Waals surface area contributed by atoms with Gasteiger partial charge in [-0.1, -0.05) is 29.5 Å². The minimum Gasteiger partial charge on any atom is -0.477 e. The highest BCUT2D eigenvalue weighted by molar-refractivity contribution is 5.91. The molecular weight excluding hydrogens is 374 g/mol. The fourth-order valence-electron chi connectivity index (χ4n) is 2.90. The lowest BCUT2D eigenvalue weighted by atomic mass is 10.1. The highest BCUT2D eigenvalue weighted by Crippen LogP contribution is 2.14. The fraction of sp³-hybridized carbons (Fsp3) is 0.150. The Morgan fingerprint density at radius 3 is 2.86 bits per heavy atom. The van der Waals surface area contributed by atoms with Gasteiger partial charge in [0, 0.05) is 12.3 Å². The van der Waals surface area contributed by atoms with Gasteiger partial charge in [-0.05, 0) is 24.1 Å². The van der Waals surface area contributed by atoms with Crippen LogP contribution in [0.4, 0.5) is 0 Å². The highest BCUT2D eigenvalue weighted by Gasteiger charge is 2.13. The zero-order valence-electron chi connectivity index (χ0n) is 15.5. The lowest BCUT2D eigenvalue weighted by Gasteiger charge is -2.05. The molecule has 9 heteroatoms. The molecule has 4 rings (SSSR count). The Balaban J connectivity index is 1.49. The number of aromatic amines is 1. The van der Waals surface area contributed by atoms with Crippen molar-refractivity contribution in [3.63, 3.8) is 0 Å². The maximum absolute atomic E-state index is 12.3. The van der Waals surface area contributed by atoms with E-state index >= 15 is 0 Å². The first-order valence-electron chi connectivity index (χ1n) is 8.83. The van der Waals surface area contributed by atoms with Crippen LogP contribution in [-0.2, 0) is 13.2 Å². The van der Waals surface area contributed by atoms with E-state index in [0.29, 0.717) is 17.8 Å². The first-order valence-corrected chi connectivity index (χ1v) is 8.83. The summed E-state index contributed by atoms with van der Waals surface area (Å²) in [5, 5.41) is 17.3. The second-order valence-electron chi connectivity index (χ2n) is 6.50. The molecule has 0 radical (unpaired) electrons. The van der Waals surface area contributed by atoms with Crippen LogP contribution in [0.1, 0.15) is 27.2 Å². The fourth-order valence-corrected chi connectivity index (χ4v) is 2.90. The van der Waals surface area contributed by atoms with Crippen LogP contribution in [0.3, 0.4) is 0 Å². The van der Waals surface area contributed by atoms with Crippen LogP contribution in [0.2, 0.25) is 0 Å². The summed E-state index contributed by atoms with van der Waals surface area (Å²) in [5.74, 6) is -1.12. The quantitative estimate of drug-likeness (QED) is 0.516. The number of hydrogen-bond acceptors (Lipinski definition) is 6. The number of aromatic nitrogens is 5. The van der Waals surface area contributed by atoms with Crippen molar-refractivity contribution in [2.24, 2.45) is 0 Å². The smallest absolute Gasteiger partial charge is 0.341 e. The molecule has 0 saturated carbocycles. The Morgan fingerprint density at radius 2 is 2.07 bits per heavy atom. The Bertz CT molecular complexity index is 1260. The molecule has 1 aromatic carbocycles. The third-order valence-electron chi connectivity index (χ3n) is 4.48. The van der Waals surface area contributed by atoms with Crippen molar-refractivity contribution >= 4 is 17.0 Å². The lowest BCUT2D eigenvalue weighted by Crippen LogP contribution is -2.16. The molecule has 146 valence electrons. The number of H-pyrrole nitrogens is 1. The summed E-state index contributed by atoms with van der Waals surface area (Å²) in [4.78, 5) is 30.3. The molecule has 0 aliphatic rings. The molecule has 0 saturated heterocycles. The second kappa shape index (κ2) is 7.55. The summed E-state index contributed by atoms with van der Waals surface area (Å²) in [5.41, 5.74) is 2.32. The molecule has 0 unspecified atom stereocenters.